The molecule has 76 valence electrons. The van der Waals surface area contributed by atoms with Gasteiger partial charge in [-0.15, -0.1) is 23.1 Å². The second kappa shape index (κ2) is 5.01. The Morgan fingerprint density at radius 2 is 2.50 bits per heavy atom. The van der Waals surface area contributed by atoms with Crippen molar-refractivity contribution >= 4 is 23.1 Å². The number of thiophene rings is 1. The van der Waals surface area contributed by atoms with Crippen LogP contribution in [0.4, 0.5) is 0 Å². The van der Waals surface area contributed by atoms with Gasteiger partial charge in [-0.1, -0.05) is 18.2 Å². The van der Waals surface area contributed by atoms with Gasteiger partial charge in [0.25, 0.3) is 0 Å². The van der Waals surface area contributed by atoms with Crippen LogP contribution in [-0.4, -0.2) is 18.3 Å². The minimum Gasteiger partial charge on any atom is -0.310 e. The summed E-state index contributed by atoms with van der Waals surface area (Å²) in [6, 6.07) is 5.05. The summed E-state index contributed by atoms with van der Waals surface area (Å²) in [6.07, 6.45) is 2.71. The summed E-state index contributed by atoms with van der Waals surface area (Å²) in [5, 5.41) is 5.60. The van der Waals surface area contributed by atoms with Crippen molar-refractivity contribution in [1.82, 2.24) is 5.32 Å². The topological polar surface area (TPSA) is 12.0 Å². The first-order chi connectivity index (χ1) is 6.84. The average Bonchev–Trinajstić information content (AvgIpc) is 2.87. The van der Waals surface area contributed by atoms with Gasteiger partial charge in [0.2, 0.25) is 0 Å². The zero-order valence-corrected chi connectivity index (χ0v) is 9.79. The molecule has 1 saturated carbocycles. The van der Waals surface area contributed by atoms with Gasteiger partial charge >= 0.3 is 0 Å². The van der Waals surface area contributed by atoms with E-state index in [0.29, 0.717) is 0 Å². The molecular formula is C11H15NS2. The fourth-order valence-corrected chi connectivity index (χ4v) is 2.83. The molecule has 0 aromatic carbocycles. The van der Waals surface area contributed by atoms with Crippen LogP contribution in [0.5, 0.6) is 0 Å². The number of rotatable bonds is 6. The van der Waals surface area contributed by atoms with Gasteiger partial charge in [-0.3, -0.25) is 0 Å². The molecule has 0 unspecified atom stereocenters. The van der Waals surface area contributed by atoms with Crippen LogP contribution in [0.2, 0.25) is 0 Å². The van der Waals surface area contributed by atoms with Crippen molar-refractivity contribution in [2.75, 3.05) is 12.3 Å². The molecule has 0 saturated heterocycles. The van der Waals surface area contributed by atoms with Crippen LogP contribution >= 0.6 is 23.1 Å². The third-order valence-electron chi connectivity index (χ3n) is 2.13. The monoisotopic (exact) mass is 225 g/mol. The van der Waals surface area contributed by atoms with Gasteiger partial charge in [-0.2, -0.15) is 0 Å². The van der Waals surface area contributed by atoms with Crippen LogP contribution in [-0.2, 0) is 0 Å². The molecule has 0 amide bonds. The number of hydrogen-bond acceptors (Lipinski definition) is 3. The van der Waals surface area contributed by atoms with E-state index in [4.69, 9.17) is 0 Å². The second-order valence-electron chi connectivity index (χ2n) is 3.63. The Bertz CT molecular complexity index is 288. The predicted octanol–water partition coefficient (Wildman–Crippen LogP) is 3.15. The van der Waals surface area contributed by atoms with Crippen molar-refractivity contribution < 1.29 is 0 Å². The van der Waals surface area contributed by atoms with E-state index in [0.717, 1.165) is 18.3 Å². The van der Waals surface area contributed by atoms with E-state index >= 15 is 0 Å². The normalized spacial score (nSPS) is 15.7. The summed E-state index contributed by atoms with van der Waals surface area (Å²) < 4.78 is 1.39. The SMILES string of the molecule is C=C(CNC1CC1)CSc1cccs1. The molecule has 3 heteroatoms. The molecule has 14 heavy (non-hydrogen) atoms. The Morgan fingerprint density at radius 3 is 3.14 bits per heavy atom. The van der Waals surface area contributed by atoms with E-state index in [1.807, 2.05) is 11.8 Å². The van der Waals surface area contributed by atoms with E-state index in [-0.39, 0.29) is 0 Å². The smallest absolute Gasteiger partial charge is 0.0601 e. The van der Waals surface area contributed by atoms with Gasteiger partial charge < -0.3 is 5.32 Å². The van der Waals surface area contributed by atoms with Crippen LogP contribution in [0.1, 0.15) is 12.8 Å². The third kappa shape index (κ3) is 3.48. The Balaban J connectivity index is 1.62. The van der Waals surface area contributed by atoms with E-state index in [1.54, 1.807) is 11.3 Å². The average molecular weight is 225 g/mol. The Morgan fingerprint density at radius 1 is 1.64 bits per heavy atom. The number of thioether (sulfide) groups is 1. The maximum atomic E-state index is 4.08. The minimum absolute atomic E-state index is 0.790. The molecular weight excluding hydrogens is 210 g/mol. The van der Waals surface area contributed by atoms with E-state index in [9.17, 15) is 0 Å². The van der Waals surface area contributed by atoms with E-state index < -0.39 is 0 Å². The molecule has 2 rings (SSSR count). The van der Waals surface area contributed by atoms with Crippen molar-refractivity contribution in [3.63, 3.8) is 0 Å². The van der Waals surface area contributed by atoms with Crippen molar-refractivity contribution in [1.29, 1.82) is 0 Å². The van der Waals surface area contributed by atoms with E-state index in [2.05, 4.69) is 29.4 Å². The molecule has 1 aliphatic carbocycles. The van der Waals surface area contributed by atoms with Crippen LogP contribution in [0.15, 0.2) is 33.9 Å². The first-order valence-electron chi connectivity index (χ1n) is 4.91. The molecule has 1 nitrogen and oxygen atoms in total. The van der Waals surface area contributed by atoms with E-state index in [1.165, 1.54) is 22.6 Å². The fraction of sp³-hybridized carbons (Fsp3) is 0.455. The summed E-state index contributed by atoms with van der Waals surface area (Å²) in [4.78, 5) is 0. The maximum Gasteiger partial charge on any atom is 0.0601 e. The van der Waals surface area contributed by atoms with Crippen LogP contribution in [0.3, 0.4) is 0 Å². The molecule has 0 atom stereocenters. The van der Waals surface area contributed by atoms with Crippen LogP contribution in [0.25, 0.3) is 0 Å². The first kappa shape index (κ1) is 10.3. The van der Waals surface area contributed by atoms with Crippen molar-refractivity contribution in [3.05, 3.63) is 29.7 Å². The Kier molecular flexibility index (Phi) is 3.67. The molecule has 1 heterocycles. The molecule has 0 radical (unpaired) electrons. The molecule has 1 aliphatic rings. The zero-order chi connectivity index (χ0) is 9.80. The van der Waals surface area contributed by atoms with Crippen LogP contribution < -0.4 is 5.32 Å². The quantitative estimate of drug-likeness (QED) is 0.589. The highest BCUT2D eigenvalue weighted by Gasteiger charge is 2.19. The predicted molar refractivity (Wildman–Crippen MR) is 65.2 cm³/mol. The molecule has 0 spiro atoms. The maximum absolute atomic E-state index is 4.08. The summed E-state index contributed by atoms with van der Waals surface area (Å²) >= 11 is 3.69. The van der Waals surface area contributed by atoms with Crippen LogP contribution in [0, 0.1) is 0 Å². The fourth-order valence-electron chi connectivity index (χ4n) is 1.15. The van der Waals surface area contributed by atoms with Gasteiger partial charge in [-0.25, -0.2) is 0 Å². The summed E-state index contributed by atoms with van der Waals surface area (Å²) in [5.74, 6) is 1.04. The van der Waals surface area contributed by atoms with Gasteiger partial charge in [0.1, 0.15) is 0 Å². The summed E-state index contributed by atoms with van der Waals surface area (Å²) in [7, 11) is 0. The van der Waals surface area contributed by atoms with Gasteiger partial charge in [-0.05, 0) is 24.3 Å². The molecule has 1 aromatic rings. The number of nitrogens with one attached hydrogen (secondary N) is 1. The highest BCUT2D eigenvalue weighted by Crippen LogP contribution is 2.25. The molecule has 0 bridgehead atoms. The van der Waals surface area contributed by atoms with Gasteiger partial charge in [0.05, 0.1) is 4.21 Å². The summed E-state index contributed by atoms with van der Waals surface area (Å²) in [5.41, 5.74) is 1.30. The van der Waals surface area contributed by atoms with Crippen molar-refractivity contribution in [2.45, 2.75) is 23.1 Å². The second-order valence-corrected chi connectivity index (χ2v) is 5.85. The van der Waals surface area contributed by atoms with Gasteiger partial charge in [0.15, 0.2) is 0 Å². The lowest BCUT2D eigenvalue weighted by atomic mass is 10.3. The molecule has 1 N–H and O–H groups in total. The zero-order valence-electron chi connectivity index (χ0n) is 8.16. The largest absolute Gasteiger partial charge is 0.310 e. The summed E-state index contributed by atoms with van der Waals surface area (Å²) in [6.45, 7) is 5.06. The number of hydrogen-bond donors (Lipinski definition) is 1. The standard InChI is InChI=1S/C11H15NS2/c1-9(7-12-10-4-5-10)8-14-11-3-2-6-13-11/h2-3,6,10,12H,1,4-5,7-8H2. The van der Waals surface area contributed by atoms with Crippen molar-refractivity contribution in [3.8, 4) is 0 Å². The first-order valence-corrected chi connectivity index (χ1v) is 6.77. The lowest BCUT2D eigenvalue weighted by Crippen LogP contribution is -2.19. The molecule has 1 aromatic heterocycles. The molecule has 0 aliphatic heterocycles. The molecule has 1 fully saturated rings. The lowest BCUT2D eigenvalue weighted by Gasteiger charge is -2.05. The highest BCUT2D eigenvalue weighted by atomic mass is 32.2. The minimum atomic E-state index is 0.790. The third-order valence-corrected chi connectivity index (χ3v) is 4.41. The lowest BCUT2D eigenvalue weighted by molar-refractivity contribution is 0.736. The highest BCUT2D eigenvalue weighted by molar-refractivity contribution is 8.01. The van der Waals surface area contributed by atoms with Crippen molar-refractivity contribution in [2.24, 2.45) is 0 Å². The van der Waals surface area contributed by atoms with Gasteiger partial charge in [0, 0.05) is 18.3 Å². The Hall–Kier alpha value is -0.250. The Labute approximate surface area is 93.6 Å².